The summed E-state index contributed by atoms with van der Waals surface area (Å²) in [5.74, 6) is -3.46. The van der Waals surface area contributed by atoms with E-state index in [4.69, 9.17) is 16.3 Å². The third-order valence-electron chi connectivity index (χ3n) is 5.30. The van der Waals surface area contributed by atoms with Crippen molar-refractivity contribution >= 4 is 40.3 Å². The van der Waals surface area contributed by atoms with Crippen molar-refractivity contribution in [3.63, 3.8) is 0 Å². The molecule has 0 fully saturated rings. The lowest BCUT2D eigenvalue weighted by Crippen LogP contribution is -2.42. The molecule has 0 saturated carbocycles. The number of aliphatic carboxylic acids is 1. The summed E-state index contributed by atoms with van der Waals surface area (Å²) in [5, 5.41) is 23.6. The monoisotopic (exact) mass is 442 g/mol. The van der Waals surface area contributed by atoms with Crippen LogP contribution in [0.1, 0.15) is 38.8 Å². The van der Waals surface area contributed by atoms with Gasteiger partial charge in [0.25, 0.3) is 5.91 Å². The van der Waals surface area contributed by atoms with Gasteiger partial charge in [0.15, 0.2) is 0 Å². The summed E-state index contributed by atoms with van der Waals surface area (Å²) in [7, 11) is 0. The highest BCUT2D eigenvalue weighted by atomic mass is 35.5. The number of carboxylic acids is 1. The van der Waals surface area contributed by atoms with Crippen molar-refractivity contribution in [1.29, 1.82) is 0 Å². The lowest BCUT2D eigenvalue weighted by atomic mass is 9.95. The number of esters is 1. The van der Waals surface area contributed by atoms with Gasteiger partial charge in [0.2, 0.25) is 0 Å². The summed E-state index contributed by atoms with van der Waals surface area (Å²) in [4.78, 5) is 39.9. The molecular formula is C22H19ClN2O6. The molecule has 160 valence electrons. The predicted octanol–water partition coefficient (Wildman–Crippen LogP) is 3.05. The van der Waals surface area contributed by atoms with Gasteiger partial charge in [-0.25, -0.2) is 9.59 Å². The molecule has 0 bridgehead atoms. The number of phenolic OH excluding ortho intramolecular Hbond substituents is 1. The molecule has 0 spiro atoms. The van der Waals surface area contributed by atoms with Crippen LogP contribution >= 0.6 is 11.6 Å². The van der Waals surface area contributed by atoms with Crippen molar-refractivity contribution in [3.8, 4) is 5.75 Å². The van der Waals surface area contributed by atoms with Crippen LogP contribution in [-0.2, 0) is 22.4 Å². The number of H-pyrrole nitrogens is 1. The van der Waals surface area contributed by atoms with E-state index < -0.39 is 35.7 Å². The number of hydrogen-bond acceptors (Lipinski definition) is 5. The largest absolute Gasteiger partial charge is 0.506 e. The van der Waals surface area contributed by atoms with Gasteiger partial charge in [0.1, 0.15) is 23.5 Å². The highest BCUT2D eigenvalue weighted by Crippen LogP contribution is 2.36. The van der Waals surface area contributed by atoms with Gasteiger partial charge < -0.3 is 25.3 Å². The van der Waals surface area contributed by atoms with E-state index in [1.807, 2.05) is 24.3 Å². The van der Waals surface area contributed by atoms with E-state index in [0.717, 1.165) is 10.9 Å². The van der Waals surface area contributed by atoms with Gasteiger partial charge in [-0.1, -0.05) is 29.8 Å². The zero-order valence-corrected chi connectivity index (χ0v) is 17.2. The molecule has 31 heavy (non-hydrogen) atoms. The van der Waals surface area contributed by atoms with Crippen molar-refractivity contribution in [3.05, 3.63) is 63.8 Å². The van der Waals surface area contributed by atoms with Gasteiger partial charge in [0, 0.05) is 35.0 Å². The highest BCUT2D eigenvalue weighted by Gasteiger charge is 2.33. The number of phenols is 1. The molecule has 3 aromatic rings. The first-order chi connectivity index (χ1) is 14.8. The number of fused-ring (bicyclic) bond motifs is 2. The SMILES string of the molecule is C[C@@H]1Cc2c(Cl)cc(C(=O)N[C@@H](Cc3c[nH]c4ccccc34)C(=O)O)c(O)c2C(=O)O1. The number of carboxylic acid groups (broad SMARTS) is 1. The summed E-state index contributed by atoms with van der Waals surface area (Å²) in [6.07, 6.45) is 1.60. The zero-order valence-electron chi connectivity index (χ0n) is 16.4. The Labute approximate surface area is 181 Å². The average Bonchev–Trinajstić information content (AvgIpc) is 3.12. The quantitative estimate of drug-likeness (QED) is 0.449. The lowest BCUT2D eigenvalue weighted by Gasteiger charge is -2.24. The number of aromatic hydroxyl groups is 1. The van der Waals surface area contributed by atoms with Crippen LogP contribution in [0, 0.1) is 0 Å². The Morgan fingerprint density at radius 3 is 2.84 bits per heavy atom. The van der Waals surface area contributed by atoms with Crippen molar-refractivity contribution in [1.82, 2.24) is 10.3 Å². The fraction of sp³-hybridized carbons (Fsp3) is 0.227. The predicted molar refractivity (Wildman–Crippen MR) is 113 cm³/mol. The smallest absolute Gasteiger partial charge is 0.342 e. The fourth-order valence-corrected chi connectivity index (χ4v) is 4.08. The molecule has 8 nitrogen and oxygen atoms in total. The molecule has 0 saturated heterocycles. The number of aromatic amines is 1. The van der Waals surface area contributed by atoms with E-state index in [9.17, 15) is 24.6 Å². The van der Waals surface area contributed by atoms with Crippen LogP contribution in [0.2, 0.25) is 5.02 Å². The number of carbonyl (C=O) groups is 3. The molecule has 4 rings (SSSR count). The summed E-state index contributed by atoms with van der Waals surface area (Å²) >= 11 is 6.25. The second kappa shape index (κ2) is 7.96. The van der Waals surface area contributed by atoms with Gasteiger partial charge in [0.05, 0.1) is 5.56 Å². The van der Waals surface area contributed by atoms with E-state index in [2.05, 4.69) is 10.3 Å². The summed E-state index contributed by atoms with van der Waals surface area (Å²) < 4.78 is 5.13. The molecule has 1 amide bonds. The average molecular weight is 443 g/mol. The molecule has 4 N–H and O–H groups in total. The van der Waals surface area contributed by atoms with E-state index >= 15 is 0 Å². The number of rotatable bonds is 5. The Bertz CT molecular complexity index is 1220. The van der Waals surface area contributed by atoms with Gasteiger partial charge in [-0.3, -0.25) is 4.79 Å². The van der Waals surface area contributed by atoms with Gasteiger partial charge in [-0.05, 0) is 30.2 Å². The highest BCUT2D eigenvalue weighted by molar-refractivity contribution is 6.32. The number of aromatic nitrogens is 1. The number of nitrogens with one attached hydrogen (secondary N) is 2. The molecule has 0 radical (unpaired) electrons. The van der Waals surface area contributed by atoms with Gasteiger partial charge in [-0.2, -0.15) is 0 Å². The molecule has 0 unspecified atom stereocenters. The summed E-state index contributed by atoms with van der Waals surface area (Å²) in [6.45, 7) is 1.69. The first kappa shape index (κ1) is 20.7. The molecule has 2 heterocycles. The molecule has 2 aromatic carbocycles. The standard InChI is InChI=1S/C22H19ClN2O6/c1-10-6-13-15(23)8-14(19(26)18(13)22(30)31-10)20(27)25-17(21(28)29)7-11-9-24-16-5-3-2-4-12(11)16/h2-5,8-10,17,24,26H,6-7H2,1H3,(H,25,27)(H,28,29)/t10-,17+/m1/s1. The molecule has 9 heteroatoms. The van der Waals surface area contributed by atoms with Crippen LogP contribution in [0.25, 0.3) is 10.9 Å². The Hall–Kier alpha value is -3.52. The number of para-hydroxylation sites is 1. The van der Waals surface area contributed by atoms with Crippen LogP contribution in [0.15, 0.2) is 36.5 Å². The number of halogens is 1. The molecule has 1 aromatic heterocycles. The summed E-state index contributed by atoms with van der Waals surface area (Å²) in [6, 6.07) is 7.37. The molecule has 0 aliphatic carbocycles. The van der Waals surface area contributed by atoms with Crippen LogP contribution in [-0.4, -0.2) is 45.2 Å². The summed E-state index contributed by atoms with van der Waals surface area (Å²) in [5.41, 5.74) is 1.50. The number of benzene rings is 2. The number of amides is 1. The molecule has 2 atom stereocenters. The minimum atomic E-state index is -1.27. The zero-order chi connectivity index (χ0) is 22.3. The second-order valence-corrected chi connectivity index (χ2v) is 7.86. The maximum absolute atomic E-state index is 12.8. The second-order valence-electron chi connectivity index (χ2n) is 7.46. The van der Waals surface area contributed by atoms with E-state index in [0.29, 0.717) is 17.5 Å². The third kappa shape index (κ3) is 3.82. The maximum Gasteiger partial charge on any atom is 0.342 e. The van der Waals surface area contributed by atoms with E-state index in [1.54, 1.807) is 13.1 Å². The van der Waals surface area contributed by atoms with Gasteiger partial charge in [-0.15, -0.1) is 0 Å². The first-order valence-electron chi connectivity index (χ1n) is 9.60. The van der Waals surface area contributed by atoms with Crippen molar-refractivity contribution in [2.45, 2.75) is 31.9 Å². The molecule has 1 aliphatic heterocycles. The Kier molecular flexibility index (Phi) is 5.32. The Balaban J connectivity index is 1.63. The minimum Gasteiger partial charge on any atom is -0.506 e. The van der Waals surface area contributed by atoms with Gasteiger partial charge >= 0.3 is 11.9 Å². The van der Waals surface area contributed by atoms with Crippen molar-refractivity contribution in [2.75, 3.05) is 0 Å². The Morgan fingerprint density at radius 1 is 1.35 bits per heavy atom. The minimum absolute atomic E-state index is 0.0179. The maximum atomic E-state index is 12.8. The van der Waals surface area contributed by atoms with E-state index in [1.165, 1.54) is 6.07 Å². The molecule has 1 aliphatic rings. The van der Waals surface area contributed by atoms with Crippen LogP contribution < -0.4 is 5.32 Å². The number of ether oxygens (including phenoxy) is 1. The van der Waals surface area contributed by atoms with Crippen LogP contribution in [0.3, 0.4) is 0 Å². The van der Waals surface area contributed by atoms with Crippen LogP contribution in [0.5, 0.6) is 5.75 Å². The third-order valence-corrected chi connectivity index (χ3v) is 5.64. The van der Waals surface area contributed by atoms with E-state index in [-0.39, 0.29) is 22.6 Å². The Morgan fingerprint density at radius 2 is 2.10 bits per heavy atom. The lowest BCUT2D eigenvalue weighted by molar-refractivity contribution is -0.139. The normalized spacial score (nSPS) is 16.5. The van der Waals surface area contributed by atoms with Crippen molar-refractivity contribution in [2.24, 2.45) is 0 Å². The number of carbonyl (C=O) groups excluding carboxylic acids is 2. The fourth-order valence-electron chi connectivity index (χ4n) is 3.80. The molecular weight excluding hydrogens is 424 g/mol. The van der Waals surface area contributed by atoms with Crippen molar-refractivity contribution < 1.29 is 29.3 Å². The topological polar surface area (TPSA) is 129 Å². The number of cyclic esters (lactones) is 1. The number of hydrogen-bond donors (Lipinski definition) is 4. The van der Waals surface area contributed by atoms with Crippen LogP contribution in [0.4, 0.5) is 0 Å². The first-order valence-corrected chi connectivity index (χ1v) is 9.98.